The zero-order valence-corrected chi connectivity index (χ0v) is 13.2. The van der Waals surface area contributed by atoms with Crippen molar-refractivity contribution in [2.75, 3.05) is 6.26 Å². The lowest BCUT2D eigenvalue weighted by Gasteiger charge is -2.13. The van der Waals surface area contributed by atoms with Crippen LogP contribution in [0, 0.1) is 11.8 Å². The Hall–Kier alpha value is -0.870. The van der Waals surface area contributed by atoms with E-state index >= 15 is 0 Å². The highest BCUT2D eigenvalue weighted by Crippen LogP contribution is 2.13. The van der Waals surface area contributed by atoms with Crippen molar-refractivity contribution in [3.63, 3.8) is 0 Å². The standard InChI is InChI=1S/C15H24O3S/c1-6-13(16)11(3)9-10(2)7-8-14(17)12(4)15(18)19-5/h7-9,11-13,16H,6H2,1-5H3/b8-7+,10-9+/t11-,12-,13+/m0/s1. The Morgan fingerprint density at radius 2 is 1.84 bits per heavy atom. The van der Waals surface area contributed by atoms with Crippen molar-refractivity contribution in [2.45, 2.75) is 40.2 Å². The van der Waals surface area contributed by atoms with Crippen LogP contribution in [0.15, 0.2) is 23.8 Å². The molecule has 19 heavy (non-hydrogen) atoms. The number of hydrogen-bond donors (Lipinski definition) is 1. The highest BCUT2D eigenvalue weighted by atomic mass is 32.2. The third-order valence-corrected chi connectivity index (χ3v) is 3.80. The largest absolute Gasteiger partial charge is 0.393 e. The van der Waals surface area contributed by atoms with Crippen LogP contribution in [0.25, 0.3) is 0 Å². The summed E-state index contributed by atoms with van der Waals surface area (Å²) < 4.78 is 0. The van der Waals surface area contributed by atoms with Crippen LogP contribution in [0.5, 0.6) is 0 Å². The van der Waals surface area contributed by atoms with E-state index < -0.39 is 5.92 Å². The van der Waals surface area contributed by atoms with Crippen molar-refractivity contribution in [2.24, 2.45) is 11.8 Å². The number of aliphatic hydroxyl groups is 1. The number of carbonyl (C=O) groups is 2. The Balaban J connectivity index is 4.59. The molecule has 1 N–H and O–H groups in total. The Kier molecular flexibility index (Phi) is 8.68. The molecule has 0 amide bonds. The molecular weight excluding hydrogens is 260 g/mol. The second-order valence-corrected chi connectivity index (χ2v) is 5.54. The third-order valence-electron chi connectivity index (χ3n) is 3.04. The first-order valence-electron chi connectivity index (χ1n) is 6.49. The number of hydrogen-bond acceptors (Lipinski definition) is 4. The summed E-state index contributed by atoms with van der Waals surface area (Å²) in [6, 6.07) is 0. The topological polar surface area (TPSA) is 54.4 Å². The van der Waals surface area contributed by atoms with Crippen molar-refractivity contribution in [3.8, 4) is 0 Å². The molecule has 0 bridgehead atoms. The molecule has 0 fully saturated rings. The Morgan fingerprint density at radius 3 is 2.32 bits per heavy atom. The molecule has 108 valence electrons. The maximum Gasteiger partial charge on any atom is 0.199 e. The van der Waals surface area contributed by atoms with Crippen LogP contribution >= 0.6 is 11.8 Å². The summed E-state index contributed by atoms with van der Waals surface area (Å²) in [6.45, 7) is 7.37. The first kappa shape index (κ1) is 18.1. The maximum absolute atomic E-state index is 11.7. The van der Waals surface area contributed by atoms with Gasteiger partial charge >= 0.3 is 0 Å². The first-order valence-corrected chi connectivity index (χ1v) is 7.72. The van der Waals surface area contributed by atoms with Crippen molar-refractivity contribution in [3.05, 3.63) is 23.8 Å². The molecule has 4 heteroatoms. The van der Waals surface area contributed by atoms with Crippen molar-refractivity contribution >= 4 is 22.7 Å². The highest BCUT2D eigenvalue weighted by Gasteiger charge is 2.17. The van der Waals surface area contributed by atoms with E-state index in [9.17, 15) is 14.7 Å². The predicted molar refractivity (Wildman–Crippen MR) is 81.1 cm³/mol. The van der Waals surface area contributed by atoms with E-state index in [4.69, 9.17) is 0 Å². The average Bonchev–Trinajstić information content (AvgIpc) is 2.41. The maximum atomic E-state index is 11.7. The minimum Gasteiger partial charge on any atom is -0.393 e. The van der Waals surface area contributed by atoms with Crippen LogP contribution in [-0.4, -0.2) is 28.4 Å². The molecule has 0 saturated carbocycles. The lowest BCUT2D eigenvalue weighted by molar-refractivity contribution is -0.124. The molecule has 0 rings (SSSR count). The number of ketones is 1. The monoisotopic (exact) mass is 284 g/mol. The summed E-state index contributed by atoms with van der Waals surface area (Å²) >= 11 is 1.07. The van der Waals surface area contributed by atoms with Crippen LogP contribution < -0.4 is 0 Å². The minimum absolute atomic E-state index is 0.0509. The minimum atomic E-state index is -0.599. The van der Waals surface area contributed by atoms with Gasteiger partial charge in [0.25, 0.3) is 0 Å². The molecule has 0 aliphatic rings. The highest BCUT2D eigenvalue weighted by molar-refractivity contribution is 8.13. The van der Waals surface area contributed by atoms with E-state index in [1.807, 2.05) is 26.8 Å². The fourth-order valence-corrected chi connectivity index (χ4v) is 2.07. The molecule has 0 unspecified atom stereocenters. The fraction of sp³-hybridized carbons (Fsp3) is 0.600. The Bertz CT molecular complexity index is 372. The quantitative estimate of drug-likeness (QED) is 0.443. The molecule has 3 nitrogen and oxygen atoms in total. The molecule has 3 atom stereocenters. The lowest BCUT2D eigenvalue weighted by atomic mass is 9.99. The number of rotatable bonds is 7. The Morgan fingerprint density at radius 1 is 1.26 bits per heavy atom. The third kappa shape index (κ3) is 6.73. The molecular formula is C15H24O3S. The molecule has 0 radical (unpaired) electrons. The van der Waals surface area contributed by atoms with Gasteiger partial charge in [-0.15, -0.1) is 0 Å². The van der Waals surface area contributed by atoms with Crippen LogP contribution in [0.1, 0.15) is 34.1 Å². The summed E-state index contributed by atoms with van der Waals surface area (Å²) in [4.78, 5) is 23.1. The smallest absolute Gasteiger partial charge is 0.199 e. The molecule has 0 aromatic heterocycles. The number of thioether (sulfide) groups is 1. The number of aliphatic hydroxyl groups excluding tert-OH is 1. The summed E-state index contributed by atoms with van der Waals surface area (Å²) in [5.41, 5.74) is 0.914. The lowest BCUT2D eigenvalue weighted by Crippen LogP contribution is -2.16. The summed E-state index contributed by atoms with van der Waals surface area (Å²) in [5.74, 6) is -0.733. The predicted octanol–water partition coefficient (Wildman–Crippen LogP) is 2.99. The summed E-state index contributed by atoms with van der Waals surface area (Å²) in [5, 5.41) is 9.54. The van der Waals surface area contributed by atoms with Gasteiger partial charge in [0.1, 0.15) is 0 Å². The van der Waals surface area contributed by atoms with E-state index in [0.717, 1.165) is 17.3 Å². The van der Waals surface area contributed by atoms with Gasteiger partial charge in [-0.2, -0.15) is 0 Å². The summed E-state index contributed by atoms with van der Waals surface area (Å²) in [7, 11) is 0. The second kappa shape index (κ2) is 9.10. The molecule has 0 aromatic carbocycles. The van der Waals surface area contributed by atoms with Gasteiger partial charge in [-0.1, -0.05) is 43.3 Å². The van der Waals surface area contributed by atoms with Crippen LogP contribution in [-0.2, 0) is 9.59 Å². The second-order valence-electron chi connectivity index (χ2n) is 4.73. The number of allylic oxidation sites excluding steroid dienone is 3. The van der Waals surface area contributed by atoms with E-state index in [0.29, 0.717) is 6.42 Å². The van der Waals surface area contributed by atoms with Crippen LogP contribution in [0.3, 0.4) is 0 Å². The van der Waals surface area contributed by atoms with Gasteiger partial charge in [0.05, 0.1) is 12.0 Å². The van der Waals surface area contributed by atoms with E-state index in [-0.39, 0.29) is 22.9 Å². The van der Waals surface area contributed by atoms with Gasteiger partial charge in [0.15, 0.2) is 10.9 Å². The van der Waals surface area contributed by atoms with Crippen LogP contribution in [0.4, 0.5) is 0 Å². The molecule has 0 aliphatic carbocycles. The van der Waals surface area contributed by atoms with Crippen LogP contribution in [0.2, 0.25) is 0 Å². The van der Waals surface area contributed by atoms with E-state index in [1.165, 1.54) is 6.08 Å². The van der Waals surface area contributed by atoms with Crippen molar-refractivity contribution in [1.82, 2.24) is 0 Å². The fourth-order valence-electron chi connectivity index (χ4n) is 1.60. The van der Waals surface area contributed by atoms with Gasteiger partial charge in [0, 0.05) is 5.92 Å². The van der Waals surface area contributed by atoms with Gasteiger partial charge in [-0.25, -0.2) is 0 Å². The van der Waals surface area contributed by atoms with Crippen molar-refractivity contribution in [1.29, 1.82) is 0 Å². The first-order chi connectivity index (χ1) is 8.83. The van der Waals surface area contributed by atoms with Crippen molar-refractivity contribution < 1.29 is 14.7 Å². The van der Waals surface area contributed by atoms with E-state index in [1.54, 1.807) is 19.3 Å². The Labute approximate surface area is 120 Å². The van der Waals surface area contributed by atoms with Gasteiger partial charge in [-0.05, 0) is 32.6 Å². The molecule has 0 saturated heterocycles. The zero-order chi connectivity index (χ0) is 15.0. The van der Waals surface area contributed by atoms with Gasteiger partial charge in [-0.3, -0.25) is 9.59 Å². The zero-order valence-electron chi connectivity index (χ0n) is 12.3. The number of carbonyl (C=O) groups excluding carboxylic acids is 2. The molecule has 0 aromatic rings. The molecule has 0 aliphatic heterocycles. The molecule has 0 heterocycles. The van der Waals surface area contributed by atoms with E-state index in [2.05, 4.69) is 0 Å². The normalized spacial score (nSPS) is 17.3. The average molecular weight is 284 g/mol. The van der Waals surface area contributed by atoms with Gasteiger partial charge in [0.2, 0.25) is 0 Å². The molecule has 0 spiro atoms. The van der Waals surface area contributed by atoms with Gasteiger partial charge < -0.3 is 5.11 Å². The summed E-state index contributed by atoms with van der Waals surface area (Å²) in [6.07, 6.45) is 7.08. The SMILES string of the molecule is CC[C@@H](O)[C@@H](C)/C=C(C)/C=C/C(=O)[C@H](C)C(=O)SC.